The topological polar surface area (TPSA) is 43.7 Å². The molecule has 1 aliphatic heterocycles. The van der Waals surface area contributed by atoms with E-state index in [4.69, 9.17) is 16.6 Å². The molecule has 0 spiro atoms. The van der Waals surface area contributed by atoms with E-state index in [9.17, 15) is 0 Å². The number of terminal acetylenes is 1. The van der Waals surface area contributed by atoms with Crippen LogP contribution in [0.15, 0.2) is 0 Å². The van der Waals surface area contributed by atoms with Gasteiger partial charge in [0.05, 0.1) is 12.2 Å². The zero-order chi connectivity index (χ0) is 8.27. The molecule has 0 saturated carbocycles. The van der Waals surface area contributed by atoms with Crippen LogP contribution in [-0.4, -0.2) is 47.0 Å². The monoisotopic (exact) mass is 155 g/mol. The van der Waals surface area contributed by atoms with Gasteiger partial charge in [0.15, 0.2) is 0 Å². The van der Waals surface area contributed by atoms with Crippen molar-refractivity contribution in [3.05, 3.63) is 0 Å². The maximum Gasteiger partial charge on any atom is 0.0938 e. The molecule has 1 saturated heterocycles. The van der Waals surface area contributed by atoms with Crippen molar-refractivity contribution < 1.29 is 10.2 Å². The molecule has 3 nitrogen and oxygen atoms in total. The summed E-state index contributed by atoms with van der Waals surface area (Å²) < 4.78 is 0. The first kappa shape index (κ1) is 8.54. The second kappa shape index (κ2) is 3.72. The number of aliphatic hydroxyl groups is 2. The molecule has 0 aromatic carbocycles. The molecular weight excluding hydrogens is 142 g/mol. The fraction of sp³-hybridized carbons (Fsp3) is 0.750. The van der Waals surface area contributed by atoms with Gasteiger partial charge in [0.25, 0.3) is 0 Å². The van der Waals surface area contributed by atoms with Gasteiger partial charge in [-0.25, -0.2) is 0 Å². The van der Waals surface area contributed by atoms with Crippen LogP contribution in [0.5, 0.6) is 0 Å². The summed E-state index contributed by atoms with van der Waals surface area (Å²) in [5, 5.41) is 18.2. The Labute approximate surface area is 66.6 Å². The summed E-state index contributed by atoms with van der Waals surface area (Å²) in [7, 11) is 0. The van der Waals surface area contributed by atoms with Crippen molar-refractivity contribution in [1.82, 2.24) is 4.90 Å². The largest absolute Gasteiger partial charge is 0.389 e. The highest BCUT2D eigenvalue weighted by atomic mass is 16.3. The molecular formula is C8H13NO2. The molecule has 1 aliphatic rings. The maximum absolute atomic E-state index is 9.12. The normalized spacial score (nSPS) is 32.1. The van der Waals surface area contributed by atoms with Crippen LogP contribution >= 0.6 is 0 Å². The summed E-state index contributed by atoms with van der Waals surface area (Å²) in [5.74, 6) is 2.52. The first-order valence-corrected chi connectivity index (χ1v) is 3.76. The maximum atomic E-state index is 9.12. The van der Waals surface area contributed by atoms with Crippen LogP contribution in [0.25, 0.3) is 0 Å². The van der Waals surface area contributed by atoms with Crippen LogP contribution in [0.2, 0.25) is 0 Å². The lowest BCUT2D eigenvalue weighted by atomic mass is 10.3. The first-order chi connectivity index (χ1) is 5.24. The van der Waals surface area contributed by atoms with Crippen LogP contribution in [0.4, 0.5) is 0 Å². The van der Waals surface area contributed by atoms with E-state index in [-0.39, 0.29) is 0 Å². The molecule has 2 atom stereocenters. The lowest BCUT2D eigenvalue weighted by Crippen LogP contribution is -2.22. The summed E-state index contributed by atoms with van der Waals surface area (Å²) in [4.78, 5) is 1.97. The van der Waals surface area contributed by atoms with E-state index in [1.54, 1.807) is 0 Å². The minimum Gasteiger partial charge on any atom is -0.389 e. The van der Waals surface area contributed by atoms with Crippen molar-refractivity contribution in [2.75, 3.05) is 19.6 Å². The standard InChI is InChI=1S/C8H13NO2/c1-2-3-4-9-5-7(10)8(11)6-9/h1,7-8,10-11H,3-6H2. The van der Waals surface area contributed by atoms with Gasteiger partial charge in [0.1, 0.15) is 0 Å². The van der Waals surface area contributed by atoms with Gasteiger partial charge < -0.3 is 10.2 Å². The van der Waals surface area contributed by atoms with E-state index in [0.717, 1.165) is 6.54 Å². The van der Waals surface area contributed by atoms with Crippen molar-refractivity contribution in [2.45, 2.75) is 18.6 Å². The Morgan fingerprint density at radius 1 is 1.36 bits per heavy atom. The second-order valence-corrected chi connectivity index (χ2v) is 2.85. The Morgan fingerprint density at radius 3 is 2.36 bits per heavy atom. The van der Waals surface area contributed by atoms with Gasteiger partial charge in [-0.3, -0.25) is 4.90 Å². The van der Waals surface area contributed by atoms with E-state index in [1.807, 2.05) is 4.90 Å². The molecule has 0 bridgehead atoms. The Balaban J connectivity index is 2.25. The summed E-state index contributed by atoms with van der Waals surface area (Å²) in [6.45, 7) is 1.86. The lowest BCUT2D eigenvalue weighted by Gasteiger charge is -2.11. The van der Waals surface area contributed by atoms with Gasteiger partial charge in [0.2, 0.25) is 0 Å². The van der Waals surface area contributed by atoms with Gasteiger partial charge in [-0.2, -0.15) is 0 Å². The van der Waals surface area contributed by atoms with Gasteiger partial charge >= 0.3 is 0 Å². The molecule has 2 unspecified atom stereocenters. The fourth-order valence-corrected chi connectivity index (χ4v) is 1.25. The Bertz CT molecular complexity index is 154. The molecule has 0 amide bonds. The quantitative estimate of drug-likeness (QED) is 0.505. The average Bonchev–Trinajstić information content (AvgIpc) is 2.28. The van der Waals surface area contributed by atoms with E-state index in [1.165, 1.54) is 0 Å². The number of rotatable bonds is 2. The van der Waals surface area contributed by atoms with Crippen LogP contribution in [0.1, 0.15) is 6.42 Å². The van der Waals surface area contributed by atoms with E-state index < -0.39 is 12.2 Å². The summed E-state index contributed by atoms with van der Waals surface area (Å²) in [6, 6.07) is 0. The summed E-state index contributed by atoms with van der Waals surface area (Å²) in [5.41, 5.74) is 0. The van der Waals surface area contributed by atoms with Crippen LogP contribution in [0, 0.1) is 12.3 Å². The van der Waals surface area contributed by atoms with Crippen molar-refractivity contribution in [1.29, 1.82) is 0 Å². The highest BCUT2D eigenvalue weighted by Gasteiger charge is 2.28. The number of aliphatic hydroxyl groups excluding tert-OH is 2. The highest BCUT2D eigenvalue weighted by Crippen LogP contribution is 2.09. The third kappa shape index (κ3) is 2.19. The predicted octanol–water partition coefficient (Wildman–Crippen LogP) is -0.953. The summed E-state index contributed by atoms with van der Waals surface area (Å²) >= 11 is 0. The zero-order valence-corrected chi connectivity index (χ0v) is 6.40. The van der Waals surface area contributed by atoms with Gasteiger partial charge in [-0.05, 0) is 0 Å². The molecule has 1 heterocycles. The first-order valence-electron chi connectivity index (χ1n) is 3.76. The molecule has 1 fully saturated rings. The van der Waals surface area contributed by atoms with E-state index in [0.29, 0.717) is 19.5 Å². The minimum absolute atomic E-state index is 0.544. The fourth-order valence-electron chi connectivity index (χ4n) is 1.25. The van der Waals surface area contributed by atoms with Crippen molar-refractivity contribution in [2.24, 2.45) is 0 Å². The van der Waals surface area contributed by atoms with Crippen LogP contribution in [-0.2, 0) is 0 Å². The molecule has 1 rings (SSSR count). The van der Waals surface area contributed by atoms with Crippen molar-refractivity contribution in [3.8, 4) is 12.3 Å². The molecule has 3 heteroatoms. The van der Waals surface area contributed by atoms with Gasteiger partial charge in [-0.15, -0.1) is 12.3 Å². The molecule has 2 N–H and O–H groups in total. The van der Waals surface area contributed by atoms with E-state index in [2.05, 4.69) is 5.92 Å². The number of hydrogen-bond donors (Lipinski definition) is 2. The Kier molecular flexibility index (Phi) is 2.89. The number of β-amino-alcohol motifs (C(OH)–C–C–N with tert-alkyl or cyclic N) is 2. The molecule has 0 aromatic rings. The molecule has 62 valence electrons. The highest BCUT2D eigenvalue weighted by molar-refractivity contribution is 4.88. The molecule has 11 heavy (non-hydrogen) atoms. The van der Waals surface area contributed by atoms with Crippen LogP contribution < -0.4 is 0 Å². The molecule has 0 aliphatic carbocycles. The third-order valence-corrected chi connectivity index (χ3v) is 1.91. The number of nitrogens with zero attached hydrogens (tertiary/aromatic N) is 1. The molecule has 0 aromatic heterocycles. The van der Waals surface area contributed by atoms with Gasteiger partial charge in [0, 0.05) is 26.1 Å². The zero-order valence-electron chi connectivity index (χ0n) is 6.40. The third-order valence-electron chi connectivity index (χ3n) is 1.91. The SMILES string of the molecule is C#CCCN1CC(O)C(O)C1. The number of hydrogen-bond acceptors (Lipinski definition) is 3. The summed E-state index contributed by atoms with van der Waals surface area (Å²) in [6.07, 6.45) is 4.57. The molecule has 0 radical (unpaired) electrons. The van der Waals surface area contributed by atoms with Crippen molar-refractivity contribution in [3.63, 3.8) is 0 Å². The lowest BCUT2D eigenvalue weighted by molar-refractivity contribution is 0.0572. The number of likely N-dealkylation sites (tertiary alicyclic amines) is 1. The van der Waals surface area contributed by atoms with Crippen LogP contribution in [0.3, 0.4) is 0 Å². The van der Waals surface area contributed by atoms with Gasteiger partial charge in [-0.1, -0.05) is 0 Å². The predicted molar refractivity (Wildman–Crippen MR) is 41.9 cm³/mol. The Morgan fingerprint density at radius 2 is 1.91 bits per heavy atom. The Hall–Kier alpha value is -0.560. The minimum atomic E-state index is -0.590. The average molecular weight is 155 g/mol. The smallest absolute Gasteiger partial charge is 0.0938 e. The van der Waals surface area contributed by atoms with Crippen molar-refractivity contribution >= 4 is 0 Å². The second-order valence-electron chi connectivity index (χ2n) is 2.85. The van der Waals surface area contributed by atoms with E-state index >= 15 is 0 Å².